The lowest BCUT2D eigenvalue weighted by Crippen LogP contribution is -2.31. The van der Waals surface area contributed by atoms with Crippen molar-refractivity contribution in [3.05, 3.63) is 54.3 Å². The van der Waals surface area contributed by atoms with E-state index in [4.69, 9.17) is 4.42 Å². The Labute approximate surface area is 150 Å². The Morgan fingerprint density at radius 2 is 2.00 bits per heavy atom. The summed E-state index contributed by atoms with van der Waals surface area (Å²) in [5.41, 5.74) is 1.11. The molecule has 7 heteroatoms. The number of rotatable bonds is 6. The lowest BCUT2D eigenvalue weighted by molar-refractivity contribution is -0.128. The van der Waals surface area contributed by atoms with E-state index in [9.17, 15) is 4.79 Å². The molecule has 0 aliphatic heterocycles. The fraction of sp³-hybridized carbons (Fsp3) is 0.278. The number of thioether (sulfide) groups is 1. The maximum absolute atomic E-state index is 12.5. The summed E-state index contributed by atoms with van der Waals surface area (Å²) in [4.78, 5) is 14.3. The summed E-state index contributed by atoms with van der Waals surface area (Å²) in [6, 6.07) is 13.6. The maximum Gasteiger partial charge on any atom is 0.233 e. The summed E-state index contributed by atoms with van der Waals surface area (Å²) in [5.74, 6) is 1.65. The average Bonchev–Trinajstić information content (AvgIpc) is 3.29. The molecule has 3 rings (SSSR count). The van der Waals surface area contributed by atoms with Crippen LogP contribution in [0.3, 0.4) is 0 Å². The monoisotopic (exact) mass is 356 g/mol. The van der Waals surface area contributed by atoms with Crippen molar-refractivity contribution in [3.63, 3.8) is 0 Å². The van der Waals surface area contributed by atoms with Crippen LogP contribution in [-0.4, -0.2) is 38.4 Å². The zero-order chi connectivity index (χ0) is 17.8. The van der Waals surface area contributed by atoms with Crippen LogP contribution in [0, 0.1) is 0 Å². The molecule has 6 nitrogen and oxygen atoms in total. The molecule has 0 radical (unpaired) electrons. The van der Waals surface area contributed by atoms with Crippen molar-refractivity contribution < 1.29 is 9.21 Å². The van der Waals surface area contributed by atoms with E-state index < -0.39 is 0 Å². The SMILES string of the molecule is CC(c1ccccc1)N(C)C(=O)CSc1nnc(-c2ccco2)n1C. The maximum atomic E-state index is 12.5. The molecule has 1 atom stereocenters. The third-order valence-electron chi connectivity index (χ3n) is 4.16. The number of hydrogen-bond acceptors (Lipinski definition) is 5. The highest BCUT2D eigenvalue weighted by Crippen LogP contribution is 2.24. The molecular formula is C18H20N4O2S. The second kappa shape index (κ2) is 7.57. The second-order valence-corrected chi connectivity index (χ2v) is 6.66. The molecule has 0 saturated carbocycles. The van der Waals surface area contributed by atoms with Gasteiger partial charge in [0.05, 0.1) is 18.1 Å². The normalized spacial score (nSPS) is 12.1. The minimum atomic E-state index is 0.0208. The van der Waals surface area contributed by atoms with Gasteiger partial charge in [0.15, 0.2) is 16.7 Å². The number of hydrogen-bond donors (Lipinski definition) is 0. The van der Waals surface area contributed by atoms with Crippen molar-refractivity contribution in [2.45, 2.75) is 18.1 Å². The van der Waals surface area contributed by atoms with Crippen molar-refractivity contribution in [1.29, 1.82) is 0 Å². The first kappa shape index (κ1) is 17.3. The average molecular weight is 356 g/mol. The van der Waals surface area contributed by atoms with Crippen LogP contribution in [0.15, 0.2) is 58.3 Å². The van der Waals surface area contributed by atoms with E-state index in [1.54, 1.807) is 17.2 Å². The van der Waals surface area contributed by atoms with Crippen LogP contribution in [0.5, 0.6) is 0 Å². The van der Waals surface area contributed by atoms with Gasteiger partial charge < -0.3 is 13.9 Å². The van der Waals surface area contributed by atoms with Crippen LogP contribution in [0.2, 0.25) is 0 Å². The first-order valence-corrected chi connectivity index (χ1v) is 8.93. The van der Waals surface area contributed by atoms with Crippen molar-refractivity contribution in [2.24, 2.45) is 7.05 Å². The molecule has 2 aromatic heterocycles. The van der Waals surface area contributed by atoms with E-state index in [-0.39, 0.29) is 11.9 Å². The van der Waals surface area contributed by atoms with Gasteiger partial charge in [-0.2, -0.15) is 0 Å². The Morgan fingerprint density at radius 1 is 1.24 bits per heavy atom. The lowest BCUT2D eigenvalue weighted by atomic mass is 10.1. The van der Waals surface area contributed by atoms with Gasteiger partial charge in [0.25, 0.3) is 0 Å². The quantitative estimate of drug-likeness (QED) is 0.634. The highest BCUT2D eigenvalue weighted by atomic mass is 32.2. The first-order chi connectivity index (χ1) is 12.1. The zero-order valence-corrected chi connectivity index (χ0v) is 15.2. The molecule has 1 amide bonds. The van der Waals surface area contributed by atoms with Crippen LogP contribution in [-0.2, 0) is 11.8 Å². The van der Waals surface area contributed by atoms with E-state index in [0.29, 0.717) is 22.5 Å². The predicted molar refractivity (Wildman–Crippen MR) is 97.1 cm³/mol. The number of benzene rings is 1. The van der Waals surface area contributed by atoms with E-state index in [0.717, 1.165) is 5.56 Å². The van der Waals surface area contributed by atoms with Crippen molar-refractivity contribution >= 4 is 17.7 Å². The number of aromatic nitrogens is 3. The third-order valence-corrected chi connectivity index (χ3v) is 5.16. The number of carbonyl (C=O) groups excluding carboxylic acids is 1. The smallest absolute Gasteiger partial charge is 0.233 e. The van der Waals surface area contributed by atoms with E-state index >= 15 is 0 Å². The standard InChI is InChI=1S/C18H20N4O2S/c1-13(14-8-5-4-6-9-14)21(2)16(23)12-25-18-20-19-17(22(18)3)15-10-7-11-24-15/h4-11,13H,12H2,1-3H3. The third kappa shape index (κ3) is 3.76. The molecule has 1 unspecified atom stereocenters. The summed E-state index contributed by atoms with van der Waals surface area (Å²) < 4.78 is 7.18. The molecule has 0 fully saturated rings. The van der Waals surface area contributed by atoms with E-state index in [1.165, 1.54) is 11.8 Å². The number of furan rings is 1. The van der Waals surface area contributed by atoms with Gasteiger partial charge >= 0.3 is 0 Å². The van der Waals surface area contributed by atoms with Gasteiger partial charge in [-0.05, 0) is 24.6 Å². The molecular weight excluding hydrogens is 336 g/mol. The van der Waals surface area contributed by atoms with Gasteiger partial charge in [-0.1, -0.05) is 42.1 Å². The minimum Gasteiger partial charge on any atom is -0.461 e. The Hall–Kier alpha value is -2.54. The van der Waals surface area contributed by atoms with Gasteiger partial charge in [-0.25, -0.2) is 0 Å². The Balaban J connectivity index is 1.63. The summed E-state index contributed by atoms with van der Waals surface area (Å²) in [5, 5.41) is 8.97. The fourth-order valence-electron chi connectivity index (χ4n) is 2.46. The molecule has 0 N–H and O–H groups in total. The van der Waals surface area contributed by atoms with Gasteiger partial charge in [-0.3, -0.25) is 4.79 Å². The summed E-state index contributed by atoms with van der Waals surface area (Å²) in [6.07, 6.45) is 1.60. The van der Waals surface area contributed by atoms with Crippen molar-refractivity contribution in [2.75, 3.05) is 12.8 Å². The highest BCUT2D eigenvalue weighted by molar-refractivity contribution is 7.99. The molecule has 0 spiro atoms. The van der Waals surface area contributed by atoms with Crippen molar-refractivity contribution in [3.8, 4) is 11.6 Å². The van der Waals surface area contributed by atoms with Crippen LogP contribution >= 0.6 is 11.8 Å². The van der Waals surface area contributed by atoms with E-state index in [1.807, 2.05) is 62.0 Å². The van der Waals surface area contributed by atoms with Gasteiger partial charge in [0.2, 0.25) is 5.91 Å². The van der Waals surface area contributed by atoms with Crippen LogP contribution in [0.4, 0.5) is 0 Å². The molecule has 2 heterocycles. The lowest BCUT2D eigenvalue weighted by Gasteiger charge is -2.25. The number of nitrogens with zero attached hydrogens (tertiary/aromatic N) is 4. The topological polar surface area (TPSA) is 64.2 Å². The number of carbonyl (C=O) groups is 1. The van der Waals surface area contributed by atoms with Crippen molar-refractivity contribution in [1.82, 2.24) is 19.7 Å². The molecule has 0 bridgehead atoms. The molecule has 1 aromatic carbocycles. The van der Waals surface area contributed by atoms with Crippen LogP contribution in [0.25, 0.3) is 11.6 Å². The van der Waals surface area contributed by atoms with Gasteiger partial charge in [-0.15, -0.1) is 10.2 Å². The summed E-state index contributed by atoms with van der Waals surface area (Å²) in [6.45, 7) is 2.02. The summed E-state index contributed by atoms with van der Waals surface area (Å²) >= 11 is 1.37. The largest absolute Gasteiger partial charge is 0.461 e. The first-order valence-electron chi connectivity index (χ1n) is 7.94. The minimum absolute atomic E-state index is 0.0208. The Morgan fingerprint density at radius 3 is 2.68 bits per heavy atom. The second-order valence-electron chi connectivity index (χ2n) is 5.72. The summed E-state index contributed by atoms with van der Waals surface area (Å²) in [7, 11) is 3.69. The molecule has 25 heavy (non-hydrogen) atoms. The van der Waals surface area contributed by atoms with Crippen LogP contribution in [0.1, 0.15) is 18.5 Å². The van der Waals surface area contributed by atoms with Crippen LogP contribution < -0.4 is 0 Å². The van der Waals surface area contributed by atoms with Gasteiger partial charge in [0.1, 0.15) is 0 Å². The predicted octanol–water partition coefficient (Wildman–Crippen LogP) is 3.39. The zero-order valence-electron chi connectivity index (χ0n) is 14.4. The molecule has 3 aromatic rings. The molecule has 0 aliphatic carbocycles. The highest BCUT2D eigenvalue weighted by Gasteiger charge is 2.19. The Bertz CT molecular complexity index is 830. The Kier molecular flexibility index (Phi) is 5.23. The molecule has 130 valence electrons. The fourth-order valence-corrected chi connectivity index (χ4v) is 3.30. The molecule has 0 aliphatic rings. The number of amides is 1. The molecule has 0 saturated heterocycles. The van der Waals surface area contributed by atoms with Gasteiger partial charge in [0, 0.05) is 14.1 Å². The van der Waals surface area contributed by atoms with E-state index in [2.05, 4.69) is 10.2 Å².